The van der Waals surface area contributed by atoms with Crippen LogP contribution in [0.3, 0.4) is 0 Å². The summed E-state index contributed by atoms with van der Waals surface area (Å²) in [6.07, 6.45) is 0.833. The van der Waals surface area contributed by atoms with Crippen LogP contribution >= 0.6 is 31.9 Å². The minimum absolute atomic E-state index is 0.0128. The van der Waals surface area contributed by atoms with Gasteiger partial charge in [0.15, 0.2) is 6.61 Å². The third-order valence-electron chi connectivity index (χ3n) is 5.11. The van der Waals surface area contributed by atoms with Gasteiger partial charge in [-0.15, -0.1) is 0 Å². The van der Waals surface area contributed by atoms with Crippen LogP contribution in [0.5, 0.6) is 5.75 Å². The molecule has 2 aromatic carbocycles. The second-order valence-corrected chi connectivity index (χ2v) is 10.6. The Hall–Kier alpha value is -1.86. The molecule has 0 radical (unpaired) electrons. The molecule has 0 aliphatic heterocycles. The maximum atomic E-state index is 13.2. The molecule has 0 aliphatic rings. The largest absolute Gasteiger partial charge is 0.483 e. The molecule has 0 bridgehead atoms. The van der Waals surface area contributed by atoms with Crippen molar-refractivity contribution in [3.63, 3.8) is 0 Å². The Morgan fingerprint density at radius 1 is 1.12 bits per heavy atom. The molecule has 0 fully saturated rings. The Bertz CT molecular complexity index is 941. The summed E-state index contributed by atoms with van der Waals surface area (Å²) >= 11 is 7.02. The Morgan fingerprint density at radius 3 is 2.44 bits per heavy atom. The van der Waals surface area contributed by atoms with Crippen LogP contribution in [-0.4, -0.2) is 35.9 Å². The van der Waals surface area contributed by atoms with Gasteiger partial charge in [-0.1, -0.05) is 61.8 Å². The lowest BCUT2D eigenvalue weighted by Gasteiger charge is -2.29. The molecule has 0 heterocycles. The monoisotopic (exact) mass is 566 g/mol. The molecule has 7 heteroatoms. The topological polar surface area (TPSA) is 58.6 Å². The second kappa shape index (κ2) is 11.8. The Balaban J connectivity index is 2.17. The highest BCUT2D eigenvalue weighted by molar-refractivity contribution is 9.10. The molecular formula is C25H32Br2N2O3. The maximum absolute atomic E-state index is 13.2. The van der Waals surface area contributed by atoms with Crippen molar-refractivity contribution in [3.05, 3.63) is 62.5 Å². The quantitative estimate of drug-likeness (QED) is 0.414. The average Bonchev–Trinajstić information content (AvgIpc) is 2.73. The normalized spacial score (nSPS) is 12.2. The van der Waals surface area contributed by atoms with E-state index in [9.17, 15) is 9.59 Å². The molecule has 174 valence electrons. The van der Waals surface area contributed by atoms with E-state index >= 15 is 0 Å². The number of hydrogen-bond acceptors (Lipinski definition) is 3. The maximum Gasteiger partial charge on any atom is 0.261 e. The highest BCUT2D eigenvalue weighted by Crippen LogP contribution is 2.31. The number of halogens is 2. The molecule has 1 unspecified atom stereocenters. The fourth-order valence-electron chi connectivity index (χ4n) is 3.12. The van der Waals surface area contributed by atoms with E-state index in [0.717, 1.165) is 20.9 Å². The Kier molecular flexibility index (Phi) is 9.77. The summed E-state index contributed by atoms with van der Waals surface area (Å²) in [6, 6.07) is 13.0. The number of carbonyl (C=O) groups excluding carboxylic acids is 2. The van der Waals surface area contributed by atoms with E-state index < -0.39 is 6.04 Å². The summed E-state index contributed by atoms with van der Waals surface area (Å²) in [5.41, 5.74) is 2.11. The molecule has 2 rings (SSSR count). The lowest BCUT2D eigenvalue weighted by Crippen LogP contribution is -2.49. The van der Waals surface area contributed by atoms with Gasteiger partial charge in [-0.2, -0.15) is 0 Å². The molecule has 1 atom stereocenters. The van der Waals surface area contributed by atoms with Crippen molar-refractivity contribution in [2.24, 2.45) is 0 Å². The number of nitrogens with one attached hydrogen (secondary N) is 1. The van der Waals surface area contributed by atoms with Crippen molar-refractivity contribution >= 4 is 43.7 Å². The van der Waals surface area contributed by atoms with Crippen LogP contribution in [0.25, 0.3) is 0 Å². The molecule has 2 aromatic rings. The molecule has 1 N–H and O–H groups in total. The van der Waals surface area contributed by atoms with Crippen molar-refractivity contribution in [1.82, 2.24) is 10.2 Å². The van der Waals surface area contributed by atoms with Crippen LogP contribution < -0.4 is 10.1 Å². The number of carbonyl (C=O) groups is 2. The van der Waals surface area contributed by atoms with Crippen molar-refractivity contribution in [1.29, 1.82) is 0 Å². The first-order valence-corrected chi connectivity index (χ1v) is 12.4. The molecule has 0 saturated heterocycles. The highest BCUT2D eigenvalue weighted by Gasteiger charge is 2.26. The van der Waals surface area contributed by atoms with Gasteiger partial charge < -0.3 is 15.0 Å². The molecular weight excluding hydrogens is 536 g/mol. The van der Waals surface area contributed by atoms with Gasteiger partial charge in [-0.3, -0.25) is 9.59 Å². The Morgan fingerprint density at radius 2 is 1.84 bits per heavy atom. The van der Waals surface area contributed by atoms with Gasteiger partial charge >= 0.3 is 0 Å². The van der Waals surface area contributed by atoms with Gasteiger partial charge in [-0.05, 0) is 70.1 Å². The standard InChI is InChI=1S/C25H32Br2N2O3/c1-6-12-28-24(31)17(2)29(15-18-8-7-9-20(26)13-18)23(30)16-32-22-11-10-19(14-21(22)27)25(3,4)5/h7-11,13-14,17H,6,12,15-16H2,1-5H3,(H,28,31). The van der Waals surface area contributed by atoms with E-state index in [0.29, 0.717) is 18.8 Å². The molecule has 5 nitrogen and oxygen atoms in total. The summed E-state index contributed by atoms with van der Waals surface area (Å²) < 4.78 is 7.56. The minimum Gasteiger partial charge on any atom is -0.483 e. The van der Waals surface area contributed by atoms with Crippen LogP contribution in [0.2, 0.25) is 0 Å². The number of benzene rings is 2. The van der Waals surface area contributed by atoms with Crippen LogP contribution in [-0.2, 0) is 21.5 Å². The van der Waals surface area contributed by atoms with Gasteiger partial charge in [0.1, 0.15) is 11.8 Å². The smallest absolute Gasteiger partial charge is 0.261 e. The first-order valence-electron chi connectivity index (χ1n) is 10.8. The summed E-state index contributed by atoms with van der Waals surface area (Å²) in [6.45, 7) is 10.9. The van der Waals surface area contributed by atoms with Gasteiger partial charge in [0.25, 0.3) is 5.91 Å². The van der Waals surface area contributed by atoms with Crippen LogP contribution in [0, 0.1) is 0 Å². The number of rotatable bonds is 9. The number of ether oxygens (including phenoxy) is 1. The second-order valence-electron chi connectivity index (χ2n) is 8.80. The van der Waals surface area contributed by atoms with Crippen LogP contribution in [0.15, 0.2) is 51.4 Å². The van der Waals surface area contributed by atoms with E-state index in [1.54, 1.807) is 11.8 Å². The summed E-state index contributed by atoms with van der Waals surface area (Å²) in [4.78, 5) is 27.3. The third kappa shape index (κ3) is 7.62. The fraction of sp³-hybridized carbons (Fsp3) is 0.440. The predicted molar refractivity (Wildman–Crippen MR) is 136 cm³/mol. The first kappa shape index (κ1) is 26.4. The molecule has 0 aliphatic carbocycles. The molecule has 0 spiro atoms. The molecule has 0 saturated carbocycles. The van der Waals surface area contributed by atoms with E-state index in [4.69, 9.17) is 4.74 Å². The third-order valence-corrected chi connectivity index (χ3v) is 6.22. The van der Waals surface area contributed by atoms with E-state index in [-0.39, 0.29) is 23.8 Å². The van der Waals surface area contributed by atoms with Gasteiger partial charge in [0.2, 0.25) is 5.91 Å². The number of nitrogens with zero attached hydrogens (tertiary/aromatic N) is 1. The van der Waals surface area contributed by atoms with E-state index in [1.165, 1.54) is 5.56 Å². The minimum atomic E-state index is -0.622. The molecule has 2 amide bonds. The van der Waals surface area contributed by atoms with Crippen molar-refractivity contribution < 1.29 is 14.3 Å². The average molecular weight is 568 g/mol. The summed E-state index contributed by atoms with van der Waals surface area (Å²) in [7, 11) is 0. The zero-order valence-electron chi connectivity index (χ0n) is 19.4. The van der Waals surface area contributed by atoms with E-state index in [1.807, 2.05) is 49.4 Å². The summed E-state index contributed by atoms with van der Waals surface area (Å²) in [5, 5.41) is 2.88. The zero-order valence-corrected chi connectivity index (χ0v) is 22.5. The number of amides is 2. The highest BCUT2D eigenvalue weighted by atomic mass is 79.9. The molecule has 0 aromatic heterocycles. The van der Waals surface area contributed by atoms with E-state index in [2.05, 4.69) is 57.9 Å². The fourth-order valence-corrected chi connectivity index (χ4v) is 4.06. The number of hydrogen-bond donors (Lipinski definition) is 1. The first-order chi connectivity index (χ1) is 15.0. The summed E-state index contributed by atoms with van der Waals surface area (Å²) in [5.74, 6) is 0.165. The van der Waals surface area contributed by atoms with Crippen LogP contribution in [0.1, 0.15) is 52.2 Å². The van der Waals surface area contributed by atoms with Crippen molar-refractivity contribution in [2.75, 3.05) is 13.2 Å². The SMILES string of the molecule is CCCNC(=O)C(C)N(Cc1cccc(Br)c1)C(=O)COc1ccc(C(C)(C)C)cc1Br. The zero-order chi connectivity index (χ0) is 23.9. The van der Waals surface area contributed by atoms with Crippen molar-refractivity contribution in [2.45, 2.75) is 59.0 Å². The van der Waals surface area contributed by atoms with Gasteiger partial charge in [-0.25, -0.2) is 0 Å². The molecule has 32 heavy (non-hydrogen) atoms. The lowest BCUT2D eigenvalue weighted by molar-refractivity contribution is -0.142. The predicted octanol–water partition coefficient (Wildman–Crippen LogP) is 5.83. The van der Waals surface area contributed by atoms with Gasteiger partial charge in [0.05, 0.1) is 4.47 Å². The van der Waals surface area contributed by atoms with Crippen LogP contribution in [0.4, 0.5) is 0 Å². The van der Waals surface area contributed by atoms with Crippen molar-refractivity contribution in [3.8, 4) is 5.75 Å². The Labute approximate surface area is 208 Å². The lowest BCUT2D eigenvalue weighted by atomic mass is 9.87. The van der Waals surface area contributed by atoms with Gasteiger partial charge in [0, 0.05) is 17.6 Å².